The number of nitrogens with one attached hydrogen (secondary N) is 2. The minimum Gasteiger partial charge on any atom is -0.378 e. The maximum Gasteiger partial charge on any atom is 0.245 e. The molecule has 1 fully saturated rings. The molecule has 1 aliphatic heterocycles. The number of nitrogens with zero attached hydrogens (tertiary/aromatic N) is 5. The molecule has 4 rings (SSSR count). The van der Waals surface area contributed by atoms with Crippen molar-refractivity contribution in [2.75, 3.05) is 41.9 Å². The Morgan fingerprint density at radius 1 is 1.16 bits per heavy atom. The lowest BCUT2D eigenvalue weighted by Gasteiger charge is -2.28. The van der Waals surface area contributed by atoms with Crippen molar-refractivity contribution in [1.82, 2.24) is 15.0 Å². The number of hydrogen-bond donors (Lipinski definition) is 2. The molecule has 3 aromatic rings. The maximum atomic E-state index is 6.30. The van der Waals surface area contributed by atoms with Crippen molar-refractivity contribution in [2.24, 2.45) is 5.10 Å². The highest BCUT2D eigenvalue weighted by molar-refractivity contribution is 14.1. The number of aryl methyl sites for hydroxylation is 1. The van der Waals surface area contributed by atoms with Gasteiger partial charge in [-0.25, -0.2) is 15.4 Å². The minimum atomic E-state index is 0.430. The molecular formula is C21H21ClIN7O. The molecule has 0 bridgehead atoms. The fraction of sp³-hybridized carbons (Fsp3) is 0.238. The summed E-state index contributed by atoms with van der Waals surface area (Å²) in [5.41, 5.74) is 5.46. The summed E-state index contributed by atoms with van der Waals surface area (Å²) in [6.07, 6.45) is 3.41. The lowest BCUT2D eigenvalue weighted by atomic mass is 10.2. The number of hydrazone groups is 1. The summed E-state index contributed by atoms with van der Waals surface area (Å²) in [4.78, 5) is 15.7. The van der Waals surface area contributed by atoms with Gasteiger partial charge in [0.15, 0.2) is 0 Å². The van der Waals surface area contributed by atoms with Crippen molar-refractivity contribution < 1.29 is 4.74 Å². The summed E-state index contributed by atoms with van der Waals surface area (Å²) in [6, 6.07) is 11.4. The van der Waals surface area contributed by atoms with Crippen LogP contribution in [0.3, 0.4) is 0 Å². The van der Waals surface area contributed by atoms with Crippen LogP contribution < -0.4 is 15.6 Å². The van der Waals surface area contributed by atoms with E-state index in [4.69, 9.17) is 16.3 Å². The van der Waals surface area contributed by atoms with Crippen LogP contribution in [0.25, 0.3) is 0 Å². The molecular weight excluding hydrogens is 529 g/mol. The van der Waals surface area contributed by atoms with Gasteiger partial charge in [0.2, 0.25) is 5.95 Å². The van der Waals surface area contributed by atoms with E-state index in [0.717, 1.165) is 33.7 Å². The second kappa shape index (κ2) is 10.2. The molecule has 0 amide bonds. The van der Waals surface area contributed by atoms with Crippen LogP contribution in [-0.2, 0) is 4.74 Å². The highest BCUT2D eigenvalue weighted by Gasteiger charge is 2.16. The maximum absolute atomic E-state index is 6.30. The van der Waals surface area contributed by atoms with E-state index in [1.165, 1.54) is 0 Å². The van der Waals surface area contributed by atoms with Crippen LogP contribution in [0.4, 0.5) is 23.3 Å². The molecule has 0 aliphatic carbocycles. The van der Waals surface area contributed by atoms with Crippen LogP contribution in [0, 0.1) is 10.5 Å². The Morgan fingerprint density at radius 2 is 1.97 bits per heavy atom. The zero-order valence-corrected chi connectivity index (χ0v) is 19.8. The number of morpholine rings is 1. The molecule has 8 nitrogen and oxygen atoms in total. The summed E-state index contributed by atoms with van der Waals surface area (Å²) in [6.45, 7) is 5.01. The molecule has 0 saturated carbocycles. The smallest absolute Gasteiger partial charge is 0.245 e. The number of aromatic nitrogens is 3. The lowest BCUT2D eigenvalue weighted by Crippen LogP contribution is -2.37. The summed E-state index contributed by atoms with van der Waals surface area (Å²) in [7, 11) is 0. The van der Waals surface area contributed by atoms with E-state index in [-0.39, 0.29) is 0 Å². The second-order valence-electron chi connectivity index (χ2n) is 6.84. The molecule has 1 saturated heterocycles. The van der Waals surface area contributed by atoms with E-state index < -0.39 is 0 Å². The van der Waals surface area contributed by atoms with Gasteiger partial charge in [-0.1, -0.05) is 29.8 Å². The number of para-hydroxylation sites is 1. The van der Waals surface area contributed by atoms with E-state index in [1.54, 1.807) is 12.4 Å². The van der Waals surface area contributed by atoms with Gasteiger partial charge in [0, 0.05) is 19.3 Å². The second-order valence-corrected chi connectivity index (χ2v) is 8.41. The average molecular weight is 550 g/mol. The third kappa shape index (κ3) is 5.60. The number of benzene rings is 1. The Morgan fingerprint density at radius 3 is 2.77 bits per heavy atom. The number of rotatable bonds is 6. The van der Waals surface area contributed by atoms with E-state index in [1.807, 2.05) is 43.3 Å². The summed E-state index contributed by atoms with van der Waals surface area (Å²) < 4.78 is 6.41. The van der Waals surface area contributed by atoms with Crippen LogP contribution in [-0.4, -0.2) is 47.5 Å². The summed E-state index contributed by atoms with van der Waals surface area (Å²) in [5.74, 6) is 2.00. The Kier molecular flexibility index (Phi) is 7.15. The molecule has 0 radical (unpaired) electrons. The van der Waals surface area contributed by atoms with Gasteiger partial charge >= 0.3 is 0 Å². The molecule has 1 aliphatic rings. The Hall–Kier alpha value is -2.50. The van der Waals surface area contributed by atoms with Crippen LogP contribution in [0.1, 0.15) is 11.3 Å². The number of anilines is 4. The molecule has 0 atom stereocenters. The van der Waals surface area contributed by atoms with Crippen molar-refractivity contribution in [3.8, 4) is 0 Å². The van der Waals surface area contributed by atoms with E-state index in [2.05, 4.69) is 58.3 Å². The number of pyridine rings is 1. The normalized spacial score (nSPS) is 14.1. The van der Waals surface area contributed by atoms with Crippen LogP contribution in [0.5, 0.6) is 0 Å². The fourth-order valence-corrected chi connectivity index (χ4v) is 3.95. The molecule has 10 heteroatoms. The molecule has 3 heterocycles. The first-order valence-corrected chi connectivity index (χ1v) is 11.2. The van der Waals surface area contributed by atoms with Crippen molar-refractivity contribution in [1.29, 1.82) is 0 Å². The van der Waals surface area contributed by atoms with Crippen molar-refractivity contribution >= 4 is 63.7 Å². The molecule has 0 spiro atoms. The van der Waals surface area contributed by atoms with E-state index in [0.29, 0.717) is 35.7 Å². The number of halogens is 2. The lowest BCUT2D eigenvalue weighted by molar-refractivity contribution is 0.122. The molecule has 1 aromatic carbocycles. The molecule has 160 valence electrons. The Labute approximate surface area is 199 Å². The molecule has 0 unspecified atom stereocenters. The van der Waals surface area contributed by atoms with Crippen molar-refractivity contribution in [2.45, 2.75) is 6.92 Å². The quantitative estimate of drug-likeness (QED) is 0.267. The highest BCUT2D eigenvalue weighted by Crippen LogP contribution is 2.28. The van der Waals surface area contributed by atoms with Crippen LogP contribution >= 0.6 is 34.2 Å². The van der Waals surface area contributed by atoms with E-state index >= 15 is 0 Å². The van der Waals surface area contributed by atoms with Crippen LogP contribution in [0.2, 0.25) is 5.02 Å². The first-order valence-electron chi connectivity index (χ1n) is 9.73. The SMILES string of the molecule is Cc1cccc(Cl)c1Nc1cccc(/C=N\Nc2ncc(I)c(N3CCOCC3)n2)n1. The zero-order valence-electron chi connectivity index (χ0n) is 16.8. The predicted molar refractivity (Wildman–Crippen MR) is 133 cm³/mol. The molecule has 2 aromatic heterocycles. The van der Waals surface area contributed by atoms with Crippen molar-refractivity contribution in [3.05, 3.63) is 62.4 Å². The van der Waals surface area contributed by atoms with Gasteiger partial charge in [-0.2, -0.15) is 10.1 Å². The van der Waals surface area contributed by atoms with Gasteiger partial charge in [0.25, 0.3) is 0 Å². The van der Waals surface area contributed by atoms with Gasteiger partial charge < -0.3 is 15.0 Å². The Balaban J connectivity index is 1.44. The molecule has 2 N–H and O–H groups in total. The average Bonchev–Trinajstić information content (AvgIpc) is 2.78. The summed E-state index contributed by atoms with van der Waals surface area (Å²) in [5, 5.41) is 8.17. The monoisotopic (exact) mass is 549 g/mol. The van der Waals surface area contributed by atoms with Gasteiger partial charge in [0.1, 0.15) is 11.6 Å². The fourth-order valence-electron chi connectivity index (χ4n) is 3.08. The third-order valence-electron chi connectivity index (χ3n) is 4.64. The Bertz CT molecular complexity index is 1070. The van der Waals surface area contributed by atoms with E-state index in [9.17, 15) is 0 Å². The number of hydrogen-bond acceptors (Lipinski definition) is 8. The van der Waals surface area contributed by atoms with Gasteiger partial charge in [-0.3, -0.25) is 0 Å². The highest BCUT2D eigenvalue weighted by atomic mass is 127. The van der Waals surface area contributed by atoms with Gasteiger partial charge in [-0.05, 0) is 53.3 Å². The van der Waals surface area contributed by atoms with Gasteiger partial charge in [0.05, 0.1) is 39.4 Å². The first kappa shape index (κ1) is 21.7. The minimum absolute atomic E-state index is 0.430. The number of ether oxygens (including phenoxy) is 1. The predicted octanol–water partition coefficient (Wildman–Crippen LogP) is 4.46. The standard InChI is InChI=1S/C21H21ClIN7O/c1-14-4-2-6-16(22)19(14)27-18-7-3-5-15(26-18)12-25-29-21-24-13-17(23)20(28-21)30-8-10-31-11-9-30/h2-7,12-13H,8-11H2,1H3,(H,26,27)(H,24,28,29)/b25-12-. The topological polar surface area (TPSA) is 87.6 Å². The largest absolute Gasteiger partial charge is 0.378 e. The first-order chi connectivity index (χ1) is 15.1. The van der Waals surface area contributed by atoms with Gasteiger partial charge in [-0.15, -0.1) is 0 Å². The molecule has 31 heavy (non-hydrogen) atoms. The van der Waals surface area contributed by atoms with Crippen molar-refractivity contribution in [3.63, 3.8) is 0 Å². The summed E-state index contributed by atoms with van der Waals surface area (Å²) >= 11 is 8.54. The zero-order chi connectivity index (χ0) is 21.6. The third-order valence-corrected chi connectivity index (χ3v) is 5.72. The van der Waals surface area contributed by atoms with Crippen LogP contribution in [0.15, 0.2) is 47.7 Å².